The Morgan fingerprint density at radius 3 is 1.33 bits per heavy atom. The molecule has 1 amide bonds. The maximum absolute atomic E-state index is 13.7. The fourth-order valence-corrected chi connectivity index (χ4v) is 10.0. The topological polar surface area (TPSA) is 29.1 Å². The van der Waals surface area contributed by atoms with E-state index in [9.17, 15) is 31.1 Å². The SMILES string of the molecule is O=C(N[C@@H](Cc1ccccc1)C[P+](c1ccccc1)(c1ccccc1)c1ccccc1)c1cc(C(F)(F)F)cc(C(F)(F)F)c1.[Br-]. The van der Waals surface area contributed by atoms with Gasteiger partial charge in [-0.1, -0.05) is 84.9 Å². The van der Waals surface area contributed by atoms with Gasteiger partial charge >= 0.3 is 12.4 Å². The molecule has 10 heteroatoms. The second-order valence-electron chi connectivity index (χ2n) is 10.7. The van der Waals surface area contributed by atoms with Crippen molar-refractivity contribution in [3.63, 3.8) is 0 Å². The van der Waals surface area contributed by atoms with E-state index in [1.165, 1.54) is 0 Å². The molecule has 0 unspecified atom stereocenters. The van der Waals surface area contributed by atoms with Crippen LogP contribution in [0.1, 0.15) is 27.0 Å². The number of amides is 1. The van der Waals surface area contributed by atoms with Crippen LogP contribution in [0, 0.1) is 0 Å². The van der Waals surface area contributed by atoms with Crippen LogP contribution >= 0.6 is 7.26 Å². The maximum Gasteiger partial charge on any atom is 0.416 e. The fourth-order valence-electron chi connectivity index (χ4n) is 5.56. The summed E-state index contributed by atoms with van der Waals surface area (Å²) >= 11 is 0. The van der Waals surface area contributed by atoms with Gasteiger partial charge in [0, 0.05) is 5.56 Å². The van der Waals surface area contributed by atoms with E-state index in [-0.39, 0.29) is 23.0 Å². The summed E-state index contributed by atoms with van der Waals surface area (Å²) in [6.07, 6.45) is -9.49. The van der Waals surface area contributed by atoms with Crippen LogP contribution in [0.5, 0.6) is 0 Å². The van der Waals surface area contributed by atoms with Gasteiger partial charge in [-0.25, -0.2) is 0 Å². The van der Waals surface area contributed by atoms with Gasteiger partial charge in [0.25, 0.3) is 5.91 Å². The average Bonchev–Trinajstić information content (AvgIpc) is 3.04. The van der Waals surface area contributed by atoms with Crippen LogP contribution in [0.15, 0.2) is 140 Å². The minimum absolute atomic E-state index is 0. The smallest absolute Gasteiger partial charge is 0.416 e. The summed E-state index contributed by atoms with van der Waals surface area (Å²) in [7, 11) is -2.54. The second-order valence-corrected chi connectivity index (χ2v) is 14.2. The van der Waals surface area contributed by atoms with Crippen molar-refractivity contribution < 1.29 is 48.1 Å². The number of hydrogen-bond acceptors (Lipinski definition) is 1. The number of benzene rings is 5. The van der Waals surface area contributed by atoms with Crippen molar-refractivity contribution in [2.75, 3.05) is 6.16 Å². The summed E-state index contributed by atoms with van der Waals surface area (Å²) in [5.41, 5.74) is -2.93. The quantitative estimate of drug-likeness (QED) is 0.168. The van der Waals surface area contributed by atoms with Crippen molar-refractivity contribution in [1.82, 2.24) is 5.32 Å². The molecular formula is C36H29BrF6NOP. The summed E-state index contributed by atoms with van der Waals surface area (Å²) in [5.74, 6) is -1.01. The molecule has 5 rings (SSSR count). The fraction of sp³-hybridized carbons (Fsp3) is 0.139. The molecule has 0 aliphatic heterocycles. The Morgan fingerprint density at radius 1 is 0.587 bits per heavy atom. The highest BCUT2D eigenvalue weighted by atomic mass is 79.9. The van der Waals surface area contributed by atoms with Crippen LogP contribution in [0.25, 0.3) is 0 Å². The van der Waals surface area contributed by atoms with Crippen molar-refractivity contribution in [1.29, 1.82) is 0 Å². The van der Waals surface area contributed by atoms with Crippen molar-refractivity contribution >= 4 is 29.1 Å². The lowest BCUT2D eigenvalue weighted by atomic mass is 10.0. The Morgan fingerprint density at radius 2 is 0.957 bits per heavy atom. The normalized spacial score (nSPS) is 12.6. The molecule has 0 saturated carbocycles. The molecule has 0 saturated heterocycles. The van der Waals surface area contributed by atoms with Crippen LogP contribution in [0.3, 0.4) is 0 Å². The molecule has 0 heterocycles. The molecule has 5 aromatic rings. The minimum Gasteiger partial charge on any atom is -1.00 e. The molecule has 0 fully saturated rings. The molecule has 0 bridgehead atoms. The lowest BCUT2D eigenvalue weighted by molar-refractivity contribution is -0.143. The van der Waals surface area contributed by atoms with E-state index in [1.54, 1.807) is 0 Å². The summed E-state index contributed by atoms with van der Waals surface area (Å²) in [6, 6.07) is 39.0. The van der Waals surface area contributed by atoms with Crippen LogP contribution in [0.2, 0.25) is 0 Å². The first-order valence-electron chi connectivity index (χ1n) is 14.2. The molecule has 0 radical (unpaired) electrons. The first kappa shape index (κ1) is 34.9. The van der Waals surface area contributed by atoms with Gasteiger partial charge < -0.3 is 22.3 Å². The van der Waals surface area contributed by atoms with Crippen LogP contribution in [-0.4, -0.2) is 18.1 Å². The number of hydrogen-bond donors (Lipinski definition) is 1. The number of nitrogens with one attached hydrogen (secondary N) is 1. The molecule has 46 heavy (non-hydrogen) atoms. The predicted octanol–water partition coefficient (Wildman–Crippen LogP) is 5.06. The number of carbonyl (C=O) groups excluding carboxylic acids is 1. The molecule has 0 aliphatic carbocycles. The van der Waals surface area contributed by atoms with Gasteiger partial charge in [0.15, 0.2) is 0 Å². The molecule has 2 nitrogen and oxygen atoms in total. The van der Waals surface area contributed by atoms with Crippen molar-refractivity contribution in [3.8, 4) is 0 Å². The summed E-state index contributed by atoms with van der Waals surface area (Å²) in [5, 5.41) is 5.92. The molecule has 238 valence electrons. The Bertz CT molecular complexity index is 1590. The largest absolute Gasteiger partial charge is 1.00 e. The molecule has 1 atom stereocenters. The number of halogens is 7. The first-order valence-corrected chi connectivity index (χ1v) is 16.1. The predicted molar refractivity (Wildman–Crippen MR) is 168 cm³/mol. The number of carbonyl (C=O) groups is 1. The average molecular weight is 717 g/mol. The summed E-state index contributed by atoms with van der Waals surface area (Å²) in [6.45, 7) is 0. The number of rotatable bonds is 9. The zero-order valence-corrected chi connectivity index (χ0v) is 26.8. The first-order chi connectivity index (χ1) is 21.5. The monoisotopic (exact) mass is 715 g/mol. The van der Waals surface area contributed by atoms with Gasteiger partial charge in [-0.3, -0.25) is 4.79 Å². The van der Waals surface area contributed by atoms with Crippen LogP contribution in [0.4, 0.5) is 26.3 Å². The molecule has 5 aromatic carbocycles. The van der Waals surface area contributed by atoms with E-state index >= 15 is 0 Å². The van der Waals surface area contributed by atoms with Gasteiger partial charge in [-0.05, 0) is 66.6 Å². The highest BCUT2D eigenvalue weighted by Gasteiger charge is 2.47. The van der Waals surface area contributed by atoms with Gasteiger partial charge in [0.2, 0.25) is 0 Å². The third-order valence-corrected chi connectivity index (χ3v) is 12.1. The van der Waals surface area contributed by atoms with E-state index in [2.05, 4.69) is 5.32 Å². The Kier molecular flexibility index (Phi) is 11.1. The van der Waals surface area contributed by atoms with Crippen LogP contribution in [-0.2, 0) is 18.8 Å². The summed E-state index contributed by atoms with van der Waals surface area (Å²) < 4.78 is 81.8. The third kappa shape index (κ3) is 8.06. The Labute approximate surface area is 274 Å². The standard InChI is InChI=1S/C36H28F6NOP.BrH/c37-35(38,39)28-22-27(23-29(24-28)36(40,41)42)34(44)43-30(21-26-13-5-1-6-14-26)25-45(31-15-7-2-8-16-31,32-17-9-3-10-18-32)33-19-11-4-12-20-33;/h1-20,22-24,30H,21,25H2;1H/t30-;/m0./s1. The zero-order chi connectivity index (χ0) is 32.1. The molecule has 0 aromatic heterocycles. The lowest BCUT2D eigenvalue weighted by Gasteiger charge is -2.31. The molecule has 0 spiro atoms. The summed E-state index contributed by atoms with van der Waals surface area (Å²) in [4.78, 5) is 13.7. The van der Waals surface area contributed by atoms with Gasteiger partial charge in [0.1, 0.15) is 23.2 Å². The van der Waals surface area contributed by atoms with E-state index in [0.717, 1.165) is 21.5 Å². The van der Waals surface area contributed by atoms with E-state index in [1.807, 2.05) is 121 Å². The van der Waals surface area contributed by atoms with Crippen molar-refractivity contribution in [3.05, 3.63) is 162 Å². The highest BCUT2D eigenvalue weighted by Crippen LogP contribution is 2.56. The van der Waals surface area contributed by atoms with E-state index in [4.69, 9.17) is 0 Å². The highest BCUT2D eigenvalue weighted by molar-refractivity contribution is 7.95. The second kappa shape index (κ2) is 14.7. The lowest BCUT2D eigenvalue weighted by Crippen LogP contribution is -3.00. The van der Waals surface area contributed by atoms with Gasteiger partial charge in [-0.2, -0.15) is 26.3 Å². The van der Waals surface area contributed by atoms with Gasteiger partial charge in [0.05, 0.1) is 23.3 Å². The Hall–Kier alpha value is -3.94. The van der Waals surface area contributed by atoms with Crippen molar-refractivity contribution in [2.45, 2.75) is 24.8 Å². The molecule has 0 aliphatic rings. The van der Waals surface area contributed by atoms with E-state index < -0.39 is 48.3 Å². The zero-order valence-electron chi connectivity index (χ0n) is 24.3. The van der Waals surface area contributed by atoms with Crippen molar-refractivity contribution in [2.24, 2.45) is 0 Å². The van der Waals surface area contributed by atoms with Gasteiger partial charge in [-0.15, -0.1) is 0 Å². The minimum atomic E-state index is -5.08. The van der Waals surface area contributed by atoms with Crippen LogP contribution < -0.4 is 38.2 Å². The molecule has 1 N–H and O–H groups in total. The Balaban J connectivity index is 0.00000480. The number of alkyl halides is 6. The molecular weight excluding hydrogens is 687 g/mol. The maximum atomic E-state index is 13.7. The van der Waals surface area contributed by atoms with E-state index in [0.29, 0.717) is 24.7 Å². The third-order valence-electron chi connectivity index (χ3n) is 7.60.